The lowest BCUT2D eigenvalue weighted by Gasteiger charge is -2.21. The molecule has 1 fully saturated rings. The first kappa shape index (κ1) is 11.9. The van der Waals surface area contributed by atoms with Gasteiger partial charge in [0.2, 0.25) is 0 Å². The quantitative estimate of drug-likeness (QED) is 0.654. The third kappa shape index (κ3) is 5.56. The molecule has 2 nitrogen and oxygen atoms in total. The SMILES string of the molecule is CC.CCOCC1CCOCC1. The highest BCUT2D eigenvalue weighted by atomic mass is 16.5. The minimum absolute atomic E-state index is 0.758. The standard InChI is InChI=1S/C8H16O2.C2H6/c1-2-9-7-8-3-5-10-6-4-8;1-2/h8H,2-7H2,1H3;1-2H3. The summed E-state index contributed by atoms with van der Waals surface area (Å²) in [4.78, 5) is 0. The molecule has 0 unspecified atom stereocenters. The van der Waals surface area contributed by atoms with Crippen LogP contribution in [0.5, 0.6) is 0 Å². The molecule has 1 aliphatic rings. The molecular formula is C10H22O2. The highest BCUT2D eigenvalue weighted by molar-refractivity contribution is 4.61. The summed E-state index contributed by atoms with van der Waals surface area (Å²) in [5.74, 6) is 0.758. The third-order valence-corrected chi connectivity index (χ3v) is 1.90. The monoisotopic (exact) mass is 174 g/mol. The third-order valence-electron chi connectivity index (χ3n) is 1.90. The maximum absolute atomic E-state index is 5.32. The molecular weight excluding hydrogens is 152 g/mol. The Bertz CT molecular complexity index is 77.9. The lowest BCUT2D eigenvalue weighted by atomic mass is 10.0. The first-order valence-electron chi connectivity index (χ1n) is 5.09. The predicted molar refractivity (Wildman–Crippen MR) is 51.4 cm³/mol. The van der Waals surface area contributed by atoms with Crippen molar-refractivity contribution in [2.45, 2.75) is 33.6 Å². The Balaban J connectivity index is 0.000000561. The lowest BCUT2D eigenvalue weighted by Crippen LogP contribution is -2.19. The van der Waals surface area contributed by atoms with Crippen LogP contribution in [-0.4, -0.2) is 26.4 Å². The van der Waals surface area contributed by atoms with Gasteiger partial charge in [-0.3, -0.25) is 0 Å². The molecule has 0 N–H and O–H groups in total. The van der Waals surface area contributed by atoms with Crippen LogP contribution in [0.25, 0.3) is 0 Å². The van der Waals surface area contributed by atoms with Crippen molar-refractivity contribution in [3.63, 3.8) is 0 Å². The Morgan fingerprint density at radius 1 is 1.25 bits per heavy atom. The van der Waals surface area contributed by atoms with Crippen LogP contribution >= 0.6 is 0 Å². The van der Waals surface area contributed by atoms with Gasteiger partial charge in [0.05, 0.1) is 0 Å². The molecule has 0 bridgehead atoms. The van der Waals surface area contributed by atoms with E-state index in [1.54, 1.807) is 0 Å². The van der Waals surface area contributed by atoms with Gasteiger partial charge in [-0.15, -0.1) is 0 Å². The van der Waals surface area contributed by atoms with Crippen LogP contribution in [-0.2, 0) is 9.47 Å². The zero-order valence-corrected chi connectivity index (χ0v) is 8.64. The summed E-state index contributed by atoms with van der Waals surface area (Å²) in [6, 6.07) is 0. The van der Waals surface area contributed by atoms with E-state index in [1.807, 2.05) is 20.8 Å². The van der Waals surface area contributed by atoms with Crippen molar-refractivity contribution in [2.75, 3.05) is 26.4 Å². The molecule has 0 spiro atoms. The summed E-state index contributed by atoms with van der Waals surface area (Å²) in [6.07, 6.45) is 2.36. The second kappa shape index (κ2) is 9.01. The summed E-state index contributed by atoms with van der Waals surface area (Å²) >= 11 is 0. The van der Waals surface area contributed by atoms with Crippen molar-refractivity contribution in [3.05, 3.63) is 0 Å². The summed E-state index contributed by atoms with van der Waals surface area (Å²) < 4.78 is 10.5. The number of rotatable bonds is 3. The maximum Gasteiger partial charge on any atom is 0.0495 e. The van der Waals surface area contributed by atoms with Crippen molar-refractivity contribution in [3.8, 4) is 0 Å². The average Bonchev–Trinajstić information content (AvgIpc) is 2.19. The van der Waals surface area contributed by atoms with Crippen molar-refractivity contribution in [2.24, 2.45) is 5.92 Å². The van der Waals surface area contributed by atoms with Crippen molar-refractivity contribution < 1.29 is 9.47 Å². The zero-order valence-electron chi connectivity index (χ0n) is 8.64. The van der Waals surface area contributed by atoms with Gasteiger partial charge in [0.1, 0.15) is 0 Å². The maximum atomic E-state index is 5.32. The fraction of sp³-hybridized carbons (Fsp3) is 1.00. The molecule has 12 heavy (non-hydrogen) atoms. The molecule has 1 saturated heterocycles. The van der Waals surface area contributed by atoms with E-state index in [-0.39, 0.29) is 0 Å². The molecule has 0 saturated carbocycles. The molecule has 0 amide bonds. The summed E-state index contributed by atoms with van der Waals surface area (Å²) in [5, 5.41) is 0. The van der Waals surface area contributed by atoms with E-state index in [9.17, 15) is 0 Å². The van der Waals surface area contributed by atoms with Crippen LogP contribution in [0.3, 0.4) is 0 Å². The lowest BCUT2D eigenvalue weighted by molar-refractivity contribution is 0.0238. The Hall–Kier alpha value is -0.0800. The normalized spacial score (nSPS) is 18.2. The predicted octanol–water partition coefficient (Wildman–Crippen LogP) is 2.48. The largest absolute Gasteiger partial charge is 0.381 e. The second-order valence-corrected chi connectivity index (χ2v) is 2.72. The van der Waals surface area contributed by atoms with Gasteiger partial charge < -0.3 is 9.47 Å². The topological polar surface area (TPSA) is 18.5 Å². The van der Waals surface area contributed by atoms with Crippen LogP contribution in [0, 0.1) is 5.92 Å². The highest BCUT2D eigenvalue weighted by Gasteiger charge is 2.12. The molecule has 0 aliphatic carbocycles. The molecule has 74 valence electrons. The molecule has 0 radical (unpaired) electrons. The molecule has 0 aromatic rings. The summed E-state index contributed by atoms with van der Waals surface area (Å²) in [6.45, 7) is 9.67. The van der Waals surface area contributed by atoms with E-state index in [0.29, 0.717) is 0 Å². The van der Waals surface area contributed by atoms with Crippen LogP contribution < -0.4 is 0 Å². The smallest absolute Gasteiger partial charge is 0.0495 e. The van der Waals surface area contributed by atoms with Crippen LogP contribution in [0.4, 0.5) is 0 Å². The Kier molecular flexibility index (Phi) is 8.95. The first-order chi connectivity index (χ1) is 5.93. The van der Waals surface area contributed by atoms with Gasteiger partial charge in [0.15, 0.2) is 0 Å². The van der Waals surface area contributed by atoms with Gasteiger partial charge in [-0.1, -0.05) is 13.8 Å². The molecule has 0 atom stereocenters. The fourth-order valence-electron chi connectivity index (χ4n) is 1.20. The van der Waals surface area contributed by atoms with Crippen molar-refractivity contribution in [1.82, 2.24) is 0 Å². The van der Waals surface area contributed by atoms with Crippen LogP contribution in [0.1, 0.15) is 33.6 Å². The Morgan fingerprint density at radius 2 is 1.83 bits per heavy atom. The van der Waals surface area contributed by atoms with Gasteiger partial charge in [0, 0.05) is 26.4 Å². The van der Waals surface area contributed by atoms with Crippen molar-refractivity contribution in [1.29, 1.82) is 0 Å². The zero-order chi connectivity index (χ0) is 9.23. The van der Waals surface area contributed by atoms with E-state index >= 15 is 0 Å². The molecule has 0 aromatic carbocycles. The number of hydrogen-bond donors (Lipinski definition) is 0. The Morgan fingerprint density at radius 3 is 2.33 bits per heavy atom. The van der Waals surface area contributed by atoms with Gasteiger partial charge in [-0.2, -0.15) is 0 Å². The molecule has 1 rings (SSSR count). The number of hydrogen-bond acceptors (Lipinski definition) is 2. The van der Waals surface area contributed by atoms with E-state index in [4.69, 9.17) is 9.47 Å². The van der Waals surface area contributed by atoms with Gasteiger partial charge in [-0.05, 0) is 25.7 Å². The van der Waals surface area contributed by atoms with Crippen LogP contribution in [0.15, 0.2) is 0 Å². The van der Waals surface area contributed by atoms with Gasteiger partial charge in [0.25, 0.3) is 0 Å². The summed E-state index contributed by atoms with van der Waals surface area (Å²) in [5.41, 5.74) is 0. The van der Waals surface area contributed by atoms with Gasteiger partial charge in [-0.25, -0.2) is 0 Å². The Labute approximate surface area is 76.3 Å². The number of ether oxygens (including phenoxy) is 2. The van der Waals surface area contributed by atoms with E-state index in [2.05, 4.69) is 0 Å². The van der Waals surface area contributed by atoms with E-state index < -0.39 is 0 Å². The minimum Gasteiger partial charge on any atom is -0.381 e. The molecule has 1 aliphatic heterocycles. The highest BCUT2D eigenvalue weighted by Crippen LogP contribution is 2.14. The first-order valence-corrected chi connectivity index (χ1v) is 5.09. The molecule has 1 heterocycles. The molecule has 0 aromatic heterocycles. The van der Waals surface area contributed by atoms with E-state index in [1.165, 1.54) is 12.8 Å². The molecule has 2 heteroatoms. The summed E-state index contributed by atoms with van der Waals surface area (Å²) in [7, 11) is 0. The second-order valence-electron chi connectivity index (χ2n) is 2.72. The minimum atomic E-state index is 0.758. The average molecular weight is 174 g/mol. The van der Waals surface area contributed by atoms with E-state index in [0.717, 1.165) is 32.3 Å². The van der Waals surface area contributed by atoms with Crippen molar-refractivity contribution >= 4 is 0 Å². The fourth-order valence-corrected chi connectivity index (χ4v) is 1.20. The van der Waals surface area contributed by atoms with Gasteiger partial charge >= 0.3 is 0 Å². The van der Waals surface area contributed by atoms with Crippen LogP contribution in [0.2, 0.25) is 0 Å².